The minimum atomic E-state index is -0.149. The zero-order valence-electron chi connectivity index (χ0n) is 13.0. The Hall–Kier alpha value is -2.67. The molecule has 3 aromatic carbocycles. The summed E-state index contributed by atoms with van der Waals surface area (Å²) in [5.41, 5.74) is 4.91. The zero-order valence-corrected chi connectivity index (χ0v) is 13.0. The second-order valence-corrected chi connectivity index (χ2v) is 5.98. The molecule has 112 valence electrons. The van der Waals surface area contributed by atoms with Gasteiger partial charge in [0.1, 0.15) is 0 Å². The maximum Gasteiger partial charge on any atom is 0.0643 e. The molecule has 0 saturated heterocycles. The van der Waals surface area contributed by atoms with Gasteiger partial charge in [-0.15, -0.1) is 0 Å². The van der Waals surface area contributed by atoms with Gasteiger partial charge in [0.25, 0.3) is 0 Å². The molecule has 0 fully saturated rings. The molecule has 0 N–H and O–H groups in total. The summed E-state index contributed by atoms with van der Waals surface area (Å²) in [6.07, 6.45) is 1.02. The van der Waals surface area contributed by atoms with Gasteiger partial charge in [0, 0.05) is 6.54 Å². The van der Waals surface area contributed by atoms with Crippen molar-refractivity contribution in [3.8, 4) is 0 Å². The molecule has 1 aliphatic rings. The van der Waals surface area contributed by atoms with Crippen molar-refractivity contribution in [1.82, 2.24) is 0 Å². The van der Waals surface area contributed by atoms with E-state index in [0.717, 1.165) is 13.0 Å². The molecule has 1 nitrogen and oxygen atoms in total. The van der Waals surface area contributed by atoms with Gasteiger partial charge < -0.3 is 0 Å². The van der Waals surface area contributed by atoms with E-state index in [1.54, 1.807) is 0 Å². The van der Waals surface area contributed by atoms with Crippen LogP contribution in [0.5, 0.6) is 0 Å². The average molecular weight is 297 g/mol. The van der Waals surface area contributed by atoms with Crippen molar-refractivity contribution >= 4 is 5.71 Å². The van der Waals surface area contributed by atoms with Crippen molar-refractivity contribution in [2.24, 2.45) is 4.99 Å². The van der Waals surface area contributed by atoms with E-state index in [4.69, 9.17) is 4.99 Å². The third kappa shape index (κ3) is 2.29. The van der Waals surface area contributed by atoms with E-state index in [-0.39, 0.29) is 5.41 Å². The molecule has 0 aliphatic carbocycles. The first kappa shape index (κ1) is 14.0. The smallest absolute Gasteiger partial charge is 0.0643 e. The Labute approximate surface area is 137 Å². The molecule has 0 bridgehead atoms. The standard InChI is InChI=1S/C22H19N/c1-4-10-18(11-5-1)21-22(16-17-23-21,19-12-6-2-7-13-19)20-14-8-3-9-15-20/h1-15H,16-17H2. The lowest BCUT2D eigenvalue weighted by Gasteiger charge is -2.32. The Morgan fingerprint density at radius 1 is 0.609 bits per heavy atom. The molecule has 3 aromatic rings. The van der Waals surface area contributed by atoms with Gasteiger partial charge in [-0.3, -0.25) is 4.99 Å². The Kier molecular flexibility index (Phi) is 3.55. The highest BCUT2D eigenvalue weighted by molar-refractivity contribution is 6.11. The van der Waals surface area contributed by atoms with Crippen LogP contribution in [-0.2, 0) is 5.41 Å². The normalized spacial score (nSPS) is 16.1. The Morgan fingerprint density at radius 3 is 1.61 bits per heavy atom. The number of nitrogens with zero attached hydrogens (tertiary/aromatic N) is 1. The first-order valence-electron chi connectivity index (χ1n) is 8.13. The van der Waals surface area contributed by atoms with Crippen LogP contribution in [0.2, 0.25) is 0 Å². The van der Waals surface area contributed by atoms with Crippen LogP contribution in [0.4, 0.5) is 0 Å². The predicted octanol–water partition coefficient (Wildman–Crippen LogP) is 4.87. The lowest BCUT2D eigenvalue weighted by molar-refractivity contribution is 0.672. The Morgan fingerprint density at radius 2 is 1.09 bits per heavy atom. The molecule has 4 rings (SSSR count). The van der Waals surface area contributed by atoms with Gasteiger partial charge in [-0.2, -0.15) is 0 Å². The molecular formula is C22H19N. The van der Waals surface area contributed by atoms with Gasteiger partial charge in [-0.25, -0.2) is 0 Å². The van der Waals surface area contributed by atoms with Crippen LogP contribution in [0.15, 0.2) is 96.0 Å². The van der Waals surface area contributed by atoms with Gasteiger partial charge >= 0.3 is 0 Å². The summed E-state index contributed by atoms with van der Waals surface area (Å²) in [7, 11) is 0. The lowest BCUT2D eigenvalue weighted by atomic mass is 9.68. The summed E-state index contributed by atoms with van der Waals surface area (Å²) < 4.78 is 0. The van der Waals surface area contributed by atoms with Crippen molar-refractivity contribution in [2.45, 2.75) is 11.8 Å². The van der Waals surface area contributed by atoms with Crippen LogP contribution >= 0.6 is 0 Å². The summed E-state index contributed by atoms with van der Waals surface area (Å²) in [5.74, 6) is 0. The number of aliphatic imine (C=N–C) groups is 1. The second kappa shape index (κ2) is 5.85. The van der Waals surface area contributed by atoms with Crippen LogP contribution < -0.4 is 0 Å². The fourth-order valence-electron chi connectivity index (χ4n) is 3.70. The quantitative estimate of drug-likeness (QED) is 0.654. The monoisotopic (exact) mass is 297 g/mol. The molecule has 23 heavy (non-hydrogen) atoms. The minimum absolute atomic E-state index is 0.149. The fraction of sp³-hybridized carbons (Fsp3) is 0.136. The van der Waals surface area contributed by atoms with Crippen LogP contribution in [0.1, 0.15) is 23.1 Å². The van der Waals surface area contributed by atoms with Gasteiger partial charge in [0.15, 0.2) is 0 Å². The summed E-state index contributed by atoms with van der Waals surface area (Å²) in [5, 5.41) is 0. The summed E-state index contributed by atoms with van der Waals surface area (Å²) >= 11 is 0. The van der Waals surface area contributed by atoms with E-state index in [0.29, 0.717) is 0 Å². The third-order valence-corrected chi connectivity index (χ3v) is 4.74. The van der Waals surface area contributed by atoms with Crippen molar-refractivity contribution in [3.63, 3.8) is 0 Å². The van der Waals surface area contributed by atoms with Gasteiger partial charge in [0.2, 0.25) is 0 Å². The SMILES string of the molecule is c1ccc(C2=NCCC2(c2ccccc2)c2ccccc2)cc1. The van der Waals surface area contributed by atoms with E-state index in [1.165, 1.54) is 22.4 Å². The van der Waals surface area contributed by atoms with E-state index >= 15 is 0 Å². The lowest BCUT2D eigenvalue weighted by Crippen LogP contribution is -2.35. The Balaban J connectivity index is 1.96. The second-order valence-electron chi connectivity index (χ2n) is 5.98. The molecule has 0 radical (unpaired) electrons. The average Bonchev–Trinajstić information content (AvgIpc) is 3.10. The van der Waals surface area contributed by atoms with Crippen LogP contribution in [0.3, 0.4) is 0 Å². The number of hydrogen-bond donors (Lipinski definition) is 0. The first-order chi connectivity index (χ1) is 11.4. The molecular weight excluding hydrogens is 278 g/mol. The van der Waals surface area contributed by atoms with Gasteiger partial charge in [-0.1, -0.05) is 91.0 Å². The Bertz CT molecular complexity index is 765. The first-order valence-corrected chi connectivity index (χ1v) is 8.13. The molecule has 1 aliphatic heterocycles. The van der Waals surface area contributed by atoms with Crippen molar-refractivity contribution in [2.75, 3.05) is 6.54 Å². The van der Waals surface area contributed by atoms with E-state index in [2.05, 4.69) is 91.0 Å². The zero-order chi connectivity index (χ0) is 15.5. The van der Waals surface area contributed by atoms with Gasteiger partial charge in [-0.05, 0) is 23.1 Å². The van der Waals surface area contributed by atoms with Crippen LogP contribution in [0, 0.1) is 0 Å². The molecule has 0 atom stereocenters. The molecule has 1 heterocycles. The topological polar surface area (TPSA) is 12.4 Å². The number of hydrogen-bond acceptors (Lipinski definition) is 1. The molecule has 1 heteroatoms. The number of rotatable bonds is 3. The molecule has 0 amide bonds. The van der Waals surface area contributed by atoms with Crippen molar-refractivity contribution < 1.29 is 0 Å². The number of benzene rings is 3. The maximum atomic E-state index is 4.93. The molecule has 0 aromatic heterocycles. The maximum absolute atomic E-state index is 4.93. The predicted molar refractivity (Wildman–Crippen MR) is 96.1 cm³/mol. The van der Waals surface area contributed by atoms with Crippen LogP contribution in [-0.4, -0.2) is 12.3 Å². The van der Waals surface area contributed by atoms with Crippen molar-refractivity contribution in [1.29, 1.82) is 0 Å². The molecule has 0 saturated carbocycles. The highest BCUT2D eigenvalue weighted by Crippen LogP contribution is 2.42. The highest BCUT2D eigenvalue weighted by Gasteiger charge is 2.42. The minimum Gasteiger partial charge on any atom is -0.288 e. The largest absolute Gasteiger partial charge is 0.288 e. The fourth-order valence-corrected chi connectivity index (χ4v) is 3.70. The molecule has 0 unspecified atom stereocenters. The van der Waals surface area contributed by atoms with Gasteiger partial charge in [0.05, 0.1) is 11.1 Å². The van der Waals surface area contributed by atoms with Crippen molar-refractivity contribution in [3.05, 3.63) is 108 Å². The molecule has 0 spiro atoms. The van der Waals surface area contributed by atoms with E-state index in [1.807, 2.05) is 0 Å². The van der Waals surface area contributed by atoms with Crippen LogP contribution in [0.25, 0.3) is 0 Å². The summed E-state index contributed by atoms with van der Waals surface area (Å²) in [6, 6.07) is 32.2. The third-order valence-electron chi connectivity index (χ3n) is 4.74. The highest BCUT2D eigenvalue weighted by atomic mass is 14.8. The van der Waals surface area contributed by atoms with E-state index in [9.17, 15) is 0 Å². The summed E-state index contributed by atoms with van der Waals surface area (Å²) in [6.45, 7) is 0.869. The van der Waals surface area contributed by atoms with E-state index < -0.39 is 0 Å². The summed E-state index contributed by atoms with van der Waals surface area (Å²) in [4.78, 5) is 4.93.